The van der Waals surface area contributed by atoms with E-state index in [1.54, 1.807) is 31.2 Å². The lowest BCUT2D eigenvalue weighted by molar-refractivity contribution is 0.0500. The van der Waals surface area contributed by atoms with Crippen LogP contribution < -0.4 is 4.74 Å². The molecule has 1 N–H and O–H groups in total. The van der Waals surface area contributed by atoms with Crippen molar-refractivity contribution in [1.82, 2.24) is 10.2 Å². The van der Waals surface area contributed by atoms with Gasteiger partial charge in [-0.15, -0.1) is 0 Å². The van der Waals surface area contributed by atoms with E-state index in [0.717, 1.165) is 5.56 Å². The molecule has 150 valence electrons. The van der Waals surface area contributed by atoms with Gasteiger partial charge in [-0.1, -0.05) is 40.9 Å². The van der Waals surface area contributed by atoms with E-state index in [1.807, 2.05) is 19.9 Å². The number of esters is 1. The number of aromatic amines is 1. The van der Waals surface area contributed by atoms with Crippen molar-refractivity contribution in [3.8, 4) is 28.1 Å². The number of H-pyrrole nitrogens is 1. The van der Waals surface area contributed by atoms with Gasteiger partial charge in [-0.25, -0.2) is 4.79 Å². The van der Waals surface area contributed by atoms with Crippen LogP contribution in [0, 0.1) is 0 Å². The Morgan fingerprint density at radius 3 is 2.55 bits per heavy atom. The third kappa shape index (κ3) is 3.27. The zero-order chi connectivity index (χ0) is 20.9. The van der Waals surface area contributed by atoms with Gasteiger partial charge in [-0.05, 0) is 45.0 Å². The maximum atomic E-state index is 12.4. The van der Waals surface area contributed by atoms with Crippen molar-refractivity contribution in [3.05, 3.63) is 56.7 Å². The summed E-state index contributed by atoms with van der Waals surface area (Å²) in [7, 11) is 0. The van der Waals surface area contributed by atoms with E-state index in [2.05, 4.69) is 10.2 Å². The summed E-state index contributed by atoms with van der Waals surface area (Å²) in [5.74, 6) is 0.0540. The lowest BCUT2D eigenvalue weighted by Gasteiger charge is -2.34. The van der Waals surface area contributed by atoms with E-state index in [1.165, 1.54) is 0 Å². The van der Waals surface area contributed by atoms with Gasteiger partial charge in [0.15, 0.2) is 5.69 Å². The molecule has 0 saturated carbocycles. The van der Waals surface area contributed by atoms with E-state index in [4.69, 9.17) is 44.3 Å². The smallest absolute Gasteiger partial charge is 0.359 e. The molecular formula is C21H17Cl3N2O3. The molecule has 0 unspecified atom stereocenters. The first-order valence-corrected chi connectivity index (χ1v) is 10.1. The fraction of sp³-hybridized carbons (Fsp3) is 0.238. The molecule has 0 fully saturated rings. The summed E-state index contributed by atoms with van der Waals surface area (Å²) in [4.78, 5) is 12.4. The van der Waals surface area contributed by atoms with Crippen molar-refractivity contribution in [3.63, 3.8) is 0 Å². The quantitative estimate of drug-likeness (QED) is 0.461. The molecule has 0 aliphatic carbocycles. The molecule has 2 heterocycles. The second kappa shape index (κ2) is 7.24. The first-order chi connectivity index (χ1) is 13.7. The molecular weight excluding hydrogens is 435 g/mol. The number of fused-ring (bicyclic) bond motifs is 3. The fourth-order valence-corrected chi connectivity index (χ4v) is 4.33. The second-order valence-corrected chi connectivity index (χ2v) is 8.33. The third-order valence-corrected chi connectivity index (χ3v) is 5.63. The highest BCUT2D eigenvalue weighted by atomic mass is 35.5. The normalized spacial score (nSPS) is 14.0. The minimum atomic E-state index is -0.865. The van der Waals surface area contributed by atoms with Crippen LogP contribution >= 0.6 is 34.8 Å². The van der Waals surface area contributed by atoms with E-state index in [0.29, 0.717) is 43.2 Å². The highest BCUT2D eigenvalue weighted by Crippen LogP contribution is 2.52. The van der Waals surface area contributed by atoms with Crippen LogP contribution in [0.5, 0.6) is 5.75 Å². The predicted octanol–water partition coefficient (Wildman–Crippen LogP) is 6.51. The van der Waals surface area contributed by atoms with Gasteiger partial charge in [0, 0.05) is 21.7 Å². The molecule has 2 aromatic carbocycles. The largest absolute Gasteiger partial charge is 0.482 e. The fourth-order valence-electron chi connectivity index (χ4n) is 3.58. The van der Waals surface area contributed by atoms with Crippen molar-refractivity contribution < 1.29 is 14.3 Å². The minimum Gasteiger partial charge on any atom is -0.482 e. The highest BCUT2D eigenvalue weighted by Gasteiger charge is 2.41. The number of carbonyl (C=O) groups is 1. The number of benzene rings is 2. The highest BCUT2D eigenvalue weighted by molar-refractivity contribution is 6.38. The molecule has 0 radical (unpaired) electrons. The van der Waals surface area contributed by atoms with Gasteiger partial charge in [-0.3, -0.25) is 5.10 Å². The molecule has 0 bridgehead atoms. The van der Waals surface area contributed by atoms with Crippen molar-refractivity contribution >= 4 is 40.8 Å². The number of hydrogen-bond donors (Lipinski definition) is 1. The summed E-state index contributed by atoms with van der Waals surface area (Å²) in [6.07, 6.45) is 0. The van der Waals surface area contributed by atoms with Crippen molar-refractivity contribution in [2.24, 2.45) is 0 Å². The van der Waals surface area contributed by atoms with Crippen LogP contribution in [-0.2, 0) is 10.3 Å². The van der Waals surface area contributed by atoms with Gasteiger partial charge < -0.3 is 9.47 Å². The van der Waals surface area contributed by atoms with E-state index in [-0.39, 0.29) is 12.3 Å². The van der Waals surface area contributed by atoms with E-state index < -0.39 is 11.6 Å². The van der Waals surface area contributed by atoms with Gasteiger partial charge >= 0.3 is 5.97 Å². The molecule has 1 aromatic heterocycles. The number of carbonyl (C=O) groups excluding carboxylic acids is 1. The average molecular weight is 452 g/mol. The lowest BCUT2D eigenvalue weighted by atomic mass is 9.87. The van der Waals surface area contributed by atoms with Crippen LogP contribution in [0.1, 0.15) is 36.8 Å². The summed E-state index contributed by atoms with van der Waals surface area (Å²) in [6.45, 7) is 5.73. The number of halogens is 3. The second-order valence-electron chi connectivity index (χ2n) is 7.08. The molecule has 0 amide bonds. The zero-order valence-corrected chi connectivity index (χ0v) is 18.2. The van der Waals surface area contributed by atoms with Crippen LogP contribution in [0.25, 0.3) is 22.4 Å². The molecule has 0 saturated heterocycles. The topological polar surface area (TPSA) is 64.2 Å². The van der Waals surface area contributed by atoms with E-state index in [9.17, 15) is 4.79 Å². The maximum absolute atomic E-state index is 12.4. The van der Waals surface area contributed by atoms with Gasteiger partial charge in [0.1, 0.15) is 11.4 Å². The number of hydrogen-bond acceptors (Lipinski definition) is 4. The van der Waals surface area contributed by atoms with Crippen LogP contribution in [0.3, 0.4) is 0 Å². The summed E-state index contributed by atoms with van der Waals surface area (Å²) >= 11 is 19.1. The summed E-state index contributed by atoms with van der Waals surface area (Å²) < 4.78 is 11.5. The van der Waals surface area contributed by atoms with Crippen molar-refractivity contribution in [2.75, 3.05) is 6.61 Å². The van der Waals surface area contributed by atoms with E-state index >= 15 is 0 Å². The molecule has 5 nitrogen and oxygen atoms in total. The van der Waals surface area contributed by atoms with Crippen LogP contribution in [0.15, 0.2) is 30.3 Å². The Labute approximate surface area is 182 Å². The zero-order valence-electron chi connectivity index (χ0n) is 15.9. The van der Waals surface area contributed by atoms with Crippen LogP contribution in [0.2, 0.25) is 15.1 Å². The van der Waals surface area contributed by atoms with Gasteiger partial charge in [-0.2, -0.15) is 5.10 Å². The molecule has 3 aromatic rings. The van der Waals surface area contributed by atoms with Crippen molar-refractivity contribution in [1.29, 1.82) is 0 Å². The summed E-state index contributed by atoms with van der Waals surface area (Å²) in [5.41, 5.74) is 2.74. The molecule has 0 spiro atoms. The Balaban J connectivity index is 1.97. The molecule has 8 heteroatoms. The SMILES string of the molecule is CCOC(=O)c1n[nH]c2c1C(C)(C)Oc1c-2ccc(Cl)c1-c1ccc(Cl)cc1Cl. The number of nitrogens with zero attached hydrogens (tertiary/aromatic N) is 1. The Kier molecular flexibility index (Phi) is 5.01. The molecule has 1 aliphatic rings. The monoisotopic (exact) mass is 450 g/mol. The summed E-state index contributed by atoms with van der Waals surface area (Å²) in [5, 5.41) is 8.64. The standard InChI is InChI=1S/C21H17Cl3N2O3/c1-4-28-20(27)18-16-17(25-26-18)12-7-8-13(23)15(19(12)29-21(16,2)3)11-6-5-10(22)9-14(11)24/h5-9H,4H2,1-3H3,(H,25,26). The Bertz CT molecular complexity index is 1140. The van der Waals surface area contributed by atoms with Crippen molar-refractivity contribution in [2.45, 2.75) is 26.4 Å². The number of rotatable bonds is 3. The Hall–Kier alpha value is -2.21. The number of aromatic nitrogens is 2. The average Bonchev–Trinajstić information content (AvgIpc) is 3.09. The number of nitrogens with one attached hydrogen (secondary N) is 1. The first kappa shape index (κ1) is 20.1. The molecule has 0 atom stereocenters. The Morgan fingerprint density at radius 2 is 1.86 bits per heavy atom. The predicted molar refractivity (Wildman–Crippen MR) is 114 cm³/mol. The molecule has 29 heavy (non-hydrogen) atoms. The van der Waals surface area contributed by atoms with Gasteiger partial charge in [0.25, 0.3) is 0 Å². The minimum absolute atomic E-state index is 0.207. The number of ether oxygens (including phenoxy) is 2. The van der Waals surface area contributed by atoms with Gasteiger partial charge in [0.05, 0.1) is 27.9 Å². The van der Waals surface area contributed by atoms with Crippen LogP contribution in [0.4, 0.5) is 0 Å². The maximum Gasteiger partial charge on any atom is 0.359 e. The Morgan fingerprint density at radius 1 is 1.14 bits per heavy atom. The van der Waals surface area contributed by atoms with Gasteiger partial charge in [0.2, 0.25) is 0 Å². The first-order valence-electron chi connectivity index (χ1n) is 8.98. The lowest BCUT2D eigenvalue weighted by Crippen LogP contribution is -2.31. The van der Waals surface area contributed by atoms with Crippen LogP contribution in [-0.4, -0.2) is 22.8 Å². The third-order valence-electron chi connectivity index (χ3n) is 4.77. The summed E-state index contributed by atoms with van der Waals surface area (Å²) in [6, 6.07) is 8.79. The molecule has 1 aliphatic heterocycles. The molecule has 4 rings (SSSR count).